The molecule has 0 aromatic carbocycles. The molecule has 0 spiro atoms. The van der Waals surface area contributed by atoms with Gasteiger partial charge in [0.2, 0.25) is 0 Å². The Bertz CT molecular complexity index is 1020. The third kappa shape index (κ3) is 37.3. The van der Waals surface area contributed by atoms with Crippen LogP contribution in [0.15, 0.2) is 60.8 Å². The maximum atomic E-state index is 12.5. The van der Waals surface area contributed by atoms with E-state index in [0.29, 0.717) is 6.42 Å². The van der Waals surface area contributed by atoms with Gasteiger partial charge in [0.15, 0.2) is 6.10 Å². The highest BCUT2D eigenvalue weighted by molar-refractivity contribution is 7.47. The highest BCUT2D eigenvalue weighted by Crippen LogP contribution is 2.42. The summed E-state index contributed by atoms with van der Waals surface area (Å²) in [5.74, 6) is -0.840. The first-order valence-corrected chi connectivity index (χ1v) is 21.5. The molecule has 0 amide bonds. The molecule has 0 fully saturated rings. The quantitative estimate of drug-likeness (QED) is 0.0293. The summed E-state index contributed by atoms with van der Waals surface area (Å²) < 4.78 is 31.9. The lowest BCUT2D eigenvalue weighted by Crippen LogP contribution is -2.29. The molecule has 0 radical (unpaired) electrons. The maximum Gasteiger partial charge on any atom is 0.472 e. The van der Waals surface area contributed by atoms with E-state index >= 15 is 0 Å². The number of allylic oxidation sites excluding steroid dienone is 10. The third-order valence-electron chi connectivity index (χ3n) is 8.22. The van der Waals surface area contributed by atoms with Crippen LogP contribution in [0.2, 0.25) is 0 Å². The number of ether oxygens (including phenoxy) is 2. The first kappa shape index (κ1) is 48.8. The van der Waals surface area contributed by atoms with Gasteiger partial charge in [0.25, 0.3) is 0 Å². The highest BCUT2D eigenvalue weighted by atomic mass is 31.2. The van der Waals surface area contributed by atoms with Crippen molar-refractivity contribution in [1.29, 1.82) is 0 Å². The van der Waals surface area contributed by atoms with Crippen molar-refractivity contribution in [2.45, 2.75) is 174 Å². The zero-order valence-corrected chi connectivity index (χ0v) is 33.4. The number of rotatable bonds is 36. The van der Waals surface area contributed by atoms with Gasteiger partial charge in [0.1, 0.15) is 6.61 Å². The SMILES string of the molecule is CCC/C=C\C/C=C\CCCCCCCC(=O)OCC(COP(=O)(O)OC)OC(=O)CCCCCCCC/C=C\C/C=C\C/C=C\CCCCC. The van der Waals surface area contributed by atoms with E-state index in [1.165, 1.54) is 32.1 Å². The van der Waals surface area contributed by atoms with Gasteiger partial charge in [-0.3, -0.25) is 18.6 Å². The molecule has 0 heterocycles. The van der Waals surface area contributed by atoms with Crippen molar-refractivity contribution in [3.63, 3.8) is 0 Å². The predicted molar refractivity (Wildman–Crippen MR) is 211 cm³/mol. The van der Waals surface area contributed by atoms with Crippen LogP contribution in [0.4, 0.5) is 0 Å². The molecule has 0 rings (SSSR count). The molecule has 0 aromatic rings. The number of hydrogen-bond donors (Lipinski definition) is 1. The van der Waals surface area contributed by atoms with Gasteiger partial charge < -0.3 is 14.4 Å². The standard InChI is InChI=1S/C42H73O8P/c1-4-6-8-10-12-14-16-18-19-20-21-22-23-25-27-29-31-33-35-37-42(44)50-40(39-49-51(45,46)47-3)38-48-41(43)36-34-32-30-28-26-24-17-15-13-11-9-7-5-2/h9,11-12,14-15,17-19,21-22,40H,4-8,10,13,16,20,23-39H2,1-3H3,(H,45,46)/b11-9-,14-12-,17-15-,19-18-,22-21-. The minimum Gasteiger partial charge on any atom is -0.462 e. The summed E-state index contributed by atoms with van der Waals surface area (Å²) in [6, 6.07) is 0. The summed E-state index contributed by atoms with van der Waals surface area (Å²) >= 11 is 0. The Balaban J connectivity index is 4.09. The number of phosphoric ester groups is 1. The largest absolute Gasteiger partial charge is 0.472 e. The van der Waals surface area contributed by atoms with Crippen molar-refractivity contribution >= 4 is 19.8 Å². The van der Waals surface area contributed by atoms with Gasteiger partial charge in [0.05, 0.1) is 6.61 Å². The van der Waals surface area contributed by atoms with Gasteiger partial charge in [0, 0.05) is 20.0 Å². The second-order valence-corrected chi connectivity index (χ2v) is 14.6. The number of esters is 2. The highest BCUT2D eigenvalue weighted by Gasteiger charge is 2.24. The van der Waals surface area contributed by atoms with E-state index in [4.69, 9.17) is 14.0 Å². The molecule has 2 atom stereocenters. The van der Waals surface area contributed by atoms with E-state index in [0.717, 1.165) is 110 Å². The molecule has 0 aliphatic rings. The Morgan fingerprint density at radius 1 is 0.549 bits per heavy atom. The maximum absolute atomic E-state index is 12.5. The lowest BCUT2D eigenvalue weighted by atomic mass is 10.1. The smallest absolute Gasteiger partial charge is 0.462 e. The Morgan fingerprint density at radius 2 is 0.980 bits per heavy atom. The van der Waals surface area contributed by atoms with Gasteiger partial charge in [-0.15, -0.1) is 0 Å². The Labute approximate surface area is 311 Å². The zero-order chi connectivity index (χ0) is 37.5. The van der Waals surface area contributed by atoms with E-state index in [9.17, 15) is 19.0 Å². The van der Waals surface area contributed by atoms with Crippen LogP contribution in [0.25, 0.3) is 0 Å². The van der Waals surface area contributed by atoms with Crippen LogP contribution in [0.5, 0.6) is 0 Å². The van der Waals surface area contributed by atoms with Crippen LogP contribution < -0.4 is 0 Å². The Hall–Kier alpha value is -2.25. The van der Waals surface area contributed by atoms with Crippen LogP contribution in [0.3, 0.4) is 0 Å². The van der Waals surface area contributed by atoms with E-state index in [2.05, 4.69) is 79.1 Å². The lowest BCUT2D eigenvalue weighted by Gasteiger charge is -2.19. The molecule has 294 valence electrons. The molecular weight excluding hydrogens is 663 g/mol. The zero-order valence-electron chi connectivity index (χ0n) is 32.5. The van der Waals surface area contributed by atoms with Crippen LogP contribution in [0.1, 0.15) is 168 Å². The van der Waals surface area contributed by atoms with Gasteiger partial charge >= 0.3 is 19.8 Å². The number of carbonyl (C=O) groups is 2. The summed E-state index contributed by atoms with van der Waals surface area (Å²) in [7, 11) is -3.21. The number of unbranched alkanes of at least 4 members (excludes halogenated alkanes) is 15. The van der Waals surface area contributed by atoms with E-state index in [-0.39, 0.29) is 19.4 Å². The molecule has 51 heavy (non-hydrogen) atoms. The Kier molecular flexibility index (Phi) is 35.9. The fourth-order valence-electron chi connectivity index (χ4n) is 5.11. The summed E-state index contributed by atoms with van der Waals surface area (Å²) in [6.45, 7) is 3.76. The number of hydrogen-bond acceptors (Lipinski definition) is 7. The fourth-order valence-corrected chi connectivity index (χ4v) is 5.57. The predicted octanol–water partition coefficient (Wildman–Crippen LogP) is 12.4. The Morgan fingerprint density at radius 3 is 1.47 bits per heavy atom. The molecule has 8 nitrogen and oxygen atoms in total. The summed E-state index contributed by atoms with van der Waals surface area (Å²) in [5.41, 5.74) is 0. The second-order valence-electron chi connectivity index (χ2n) is 13.1. The van der Waals surface area contributed by atoms with E-state index in [1.807, 2.05) is 0 Å². The monoisotopic (exact) mass is 737 g/mol. The average molecular weight is 737 g/mol. The third-order valence-corrected chi connectivity index (χ3v) is 9.15. The van der Waals surface area contributed by atoms with Crippen LogP contribution in [0, 0.1) is 0 Å². The second kappa shape index (κ2) is 37.5. The topological polar surface area (TPSA) is 108 Å². The molecule has 1 N–H and O–H groups in total. The lowest BCUT2D eigenvalue weighted by molar-refractivity contribution is -0.161. The fraction of sp³-hybridized carbons (Fsp3) is 0.714. The summed E-state index contributed by atoms with van der Waals surface area (Å²) in [6.07, 6.45) is 45.5. The summed E-state index contributed by atoms with van der Waals surface area (Å²) in [4.78, 5) is 34.4. The van der Waals surface area contributed by atoms with Crippen LogP contribution in [-0.4, -0.2) is 43.3 Å². The number of phosphoric acid groups is 1. The van der Waals surface area contributed by atoms with Crippen molar-refractivity contribution in [3.8, 4) is 0 Å². The van der Waals surface area contributed by atoms with E-state index in [1.54, 1.807) is 0 Å². The average Bonchev–Trinajstić information content (AvgIpc) is 3.12. The molecule has 0 saturated carbocycles. The van der Waals surface area contributed by atoms with Crippen molar-refractivity contribution in [1.82, 2.24) is 0 Å². The molecule has 9 heteroatoms. The first-order valence-electron chi connectivity index (χ1n) is 20.0. The van der Waals surface area contributed by atoms with Crippen molar-refractivity contribution in [2.75, 3.05) is 20.3 Å². The molecule has 0 aliphatic heterocycles. The van der Waals surface area contributed by atoms with Gasteiger partial charge in [-0.2, -0.15) is 0 Å². The van der Waals surface area contributed by atoms with Crippen molar-refractivity contribution in [3.05, 3.63) is 60.8 Å². The van der Waals surface area contributed by atoms with Crippen molar-refractivity contribution in [2.24, 2.45) is 0 Å². The van der Waals surface area contributed by atoms with Crippen LogP contribution >= 0.6 is 7.82 Å². The van der Waals surface area contributed by atoms with E-state index < -0.39 is 32.5 Å². The first-order chi connectivity index (χ1) is 24.8. The van der Waals surface area contributed by atoms with Gasteiger partial charge in [-0.05, 0) is 77.0 Å². The normalized spacial score (nSPS) is 14.0. The van der Waals surface area contributed by atoms with Gasteiger partial charge in [-0.1, -0.05) is 139 Å². The van der Waals surface area contributed by atoms with Crippen LogP contribution in [-0.2, 0) is 32.7 Å². The minimum absolute atomic E-state index is 0.224. The molecule has 0 aromatic heterocycles. The summed E-state index contributed by atoms with van der Waals surface area (Å²) in [5, 5.41) is 0. The number of carbonyl (C=O) groups excluding carboxylic acids is 2. The minimum atomic E-state index is -4.27. The molecule has 0 aliphatic carbocycles. The molecule has 2 unspecified atom stereocenters. The molecular formula is C42H73O8P. The van der Waals surface area contributed by atoms with Crippen molar-refractivity contribution < 1.29 is 37.6 Å². The molecule has 0 saturated heterocycles. The van der Waals surface area contributed by atoms with Gasteiger partial charge in [-0.25, -0.2) is 4.57 Å². The molecule has 0 bridgehead atoms.